The molecule has 154 valence electrons. The van der Waals surface area contributed by atoms with Crippen molar-refractivity contribution in [1.82, 2.24) is 15.1 Å². The van der Waals surface area contributed by atoms with Crippen LogP contribution in [0.3, 0.4) is 0 Å². The number of hydrogen-bond acceptors (Lipinski definition) is 4. The molecule has 0 radical (unpaired) electrons. The standard InChI is InChI=1S/C22H27FN4O2/c1-16-4-3-5-19(14-16)25-22(29)21(28)24-15-20(17-6-8-18(23)9-7-17)27-12-10-26(2)11-13-27/h3-9,14,20H,10-13,15H2,1-2H3,(H,24,28)(H,25,29). The lowest BCUT2D eigenvalue weighted by molar-refractivity contribution is -0.136. The third kappa shape index (κ3) is 5.85. The molecule has 29 heavy (non-hydrogen) atoms. The van der Waals surface area contributed by atoms with E-state index >= 15 is 0 Å². The van der Waals surface area contributed by atoms with Gasteiger partial charge >= 0.3 is 11.8 Å². The lowest BCUT2D eigenvalue weighted by Gasteiger charge is -2.38. The van der Waals surface area contributed by atoms with Gasteiger partial charge in [0.15, 0.2) is 0 Å². The van der Waals surface area contributed by atoms with Crippen LogP contribution in [0.4, 0.5) is 10.1 Å². The molecule has 1 unspecified atom stereocenters. The summed E-state index contributed by atoms with van der Waals surface area (Å²) in [6.07, 6.45) is 0. The summed E-state index contributed by atoms with van der Waals surface area (Å²) in [5.74, 6) is -1.69. The van der Waals surface area contributed by atoms with Crippen LogP contribution in [-0.4, -0.2) is 61.4 Å². The highest BCUT2D eigenvalue weighted by Crippen LogP contribution is 2.22. The number of anilines is 1. The molecule has 1 heterocycles. The average molecular weight is 398 g/mol. The van der Waals surface area contributed by atoms with Crippen LogP contribution in [0.25, 0.3) is 0 Å². The smallest absolute Gasteiger partial charge is 0.313 e. The maximum absolute atomic E-state index is 13.4. The summed E-state index contributed by atoms with van der Waals surface area (Å²) in [6, 6.07) is 13.5. The van der Waals surface area contributed by atoms with Gasteiger partial charge in [-0.2, -0.15) is 0 Å². The molecule has 1 aliphatic heterocycles. The van der Waals surface area contributed by atoms with Gasteiger partial charge in [-0.05, 0) is 49.4 Å². The second-order valence-electron chi connectivity index (χ2n) is 7.44. The highest BCUT2D eigenvalue weighted by Gasteiger charge is 2.25. The van der Waals surface area contributed by atoms with Gasteiger partial charge in [0, 0.05) is 38.4 Å². The number of carbonyl (C=O) groups excluding carboxylic acids is 2. The molecule has 1 fully saturated rings. The molecule has 0 aliphatic carbocycles. The molecule has 1 atom stereocenters. The molecular weight excluding hydrogens is 371 g/mol. The molecule has 2 N–H and O–H groups in total. The Hall–Kier alpha value is -2.77. The van der Waals surface area contributed by atoms with Gasteiger partial charge in [0.05, 0.1) is 6.04 Å². The molecular formula is C22H27FN4O2. The molecule has 0 bridgehead atoms. The summed E-state index contributed by atoms with van der Waals surface area (Å²) in [5, 5.41) is 5.36. The second-order valence-corrected chi connectivity index (χ2v) is 7.44. The number of likely N-dealkylation sites (N-methyl/N-ethyl adjacent to an activating group) is 1. The predicted molar refractivity (Wildman–Crippen MR) is 111 cm³/mol. The van der Waals surface area contributed by atoms with Gasteiger partial charge in [-0.1, -0.05) is 24.3 Å². The Labute approximate surface area is 170 Å². The number of nitrogens with one attached hydrogen (secondary N) is 2. The quantitative estimate of drug-likeness (QED) is 0.758. The molecule has 1 aliphatic rings. The maximum atomic E-state index is 13.4. The van der Waals surface area contributed by atoms with Gasteiger partial charge < -0.3 is 15.5 Å². The van der Waals surface area contributed by atoms with Crippen molar-refractivity contribution in [3.63, 3.8) is 0 Å². The molecule has 6 nitrogen and oxygen atoms in total. The molecule has 3 rings (SSSR count). The first-order valence-electron chi connectivity index (χ1n) is 9.76. The van der Waals surface area contributed by atoms with E-state index in [-0.39, 0.29) is 18.4 Å². The zero-order chi connectivity index (χ0) is 20.8. The molecule has 7 heteroatoms. The normalized spacial score (nSPS) is 16.2. The first kappa shape index (κ1) is 21.0. The van der Waals surface area contributed by atoms with Gasteiger partial charge in [-0.3, -0.25) is 14.5 Å². The number of carbonyl (C=O) groups is 2. The Kier molecular flexibility index (Phi) is 6.95. The summed E-state index contributed by atoms with van der Waals surface area (Å²) >= 11 is 0. The molecule has 0 saturated carbocycles. The minimum Gasteiger partial charge on any atom is -0.346 e. The van der Waals surface area contributed by atoms with Crippen molar-refractivity contribution >= 4 is 17.5 Å². The largest absolute Gasteiger partial charge is 0.346 e. The Bertz CT molecular complexity index is 848. The van der Waals surface area contributed by atoms with Crippen LogP contribution < -0.4 is 10.6 Å². The van der Waals surface area contributed by atoms with Crippen LogP contribution in [0.5, 0.6) is 0 Å². The summed E-state index contributed by atoms with van der Waals surface area (Å²) in [4.78, 5) is 29.1. The minimum absolute atomic E-state index is 0.125. The number of hydrogen-bond donors (Lipinski definition) is 2. The summed E-state index contributed by atoms with van der Waals surface area (Å²) in [5.41, 5.74) is 2.49. The lowest BCUT2D eigenvalue weighted by Crippen LogP contribution is -2.49. The molecule has 0 spiro atoms. The first-order valence-corrected chi connectivity index (χ1v) is 9.76. The van der Waals surface area contributed by atoms with Crippen molar-refractivity contribution in [3.05, 3.63) is 65.5 Å². The van der Waals surface area contributed by atoms with Crippen LogP contribution in [0.2, 0.25) is 0 Å². The SMILES string of the molecule is Cc1cccc(NC(=O)C(=O)NCC(c2ccc(F)cc2)N2CCN(C)CC2)c1. The van der Waals surface area contributed by atoms with Crippen LogP contribution in [0, 0.1) is 12.7 Å². The highest BCUT2D eigenvalue weighted by molar-refractivity contribution is 6.39. The Morgan fingerprint density at radius 3 is 2.38 bits per heavy atom. The van der Waals surface area contributed by atoms with E-state index in [4.69, 9.17) is 0 Å². The molecule has 2 amide bonds. The topological polar surface area (TPSA) is 64.7 Å². The first-order chi connectivity index (χ1) is 13.9. The van der Waals surface area contributed by atoms with E-state index in [1.54, 1.807) is 24.3 Å². The third-order valence-corrected chi connectivity index (χ3v) is 5.17. The van der Waals surface area contributed by atoms with Crippen molar-refractivity contribution < 1.29 is 14.0 Å². The average Bonchev–Trinajstić information content (AvgIpc) is 2.70. The van der Waals surface area contributed by atoms with Crippen molar-refractivity contribution in [2.24, 2.45) is 0 Å². The van der Waals surface area contributed by atoms with E-state index in [0.29, 0.717) is 5.69 Å². The molecule has 2 aromatic rings. The summed E-state index contributed by atoms with van der Waals surface area (Å²) in [6.45, 7) is 5.70. The van der Waals surface area contributed by atoms with Gasteiger partial charge in [0.1, 0.15) is 5.82 Å². The second kappa shape index (κ2) is 9.62. The van der Waals surface area contributed by atoms with E-state index in [1.807, 2.05) is 19.1 Å². The predicted octanol–water partition coefficient (Wildman–Crippen LogP) is 2.18. The molecule has 0 aromatic heterocycles. The van der Waals surface area contributed by atoms with Gasteiger partial charge in [0.25, 0.3) is 0 Å². The third-order valence-electron chi connectivity index (χ3n) is 5.17. The fraction of sp³-hybridized carbons (Fsp3) is 0.364. The van der Waals surface area contributed by atoms with Gasteiger partial charge in [0.2, 0.25) is 0 Å². The van der Waals surface area contributed by atoms with Crippen molar-refractivity contribution in [2.75, 3.05) is 45.1 Å². The number of aryl methyl sites for hydroxylation is 1. The molecule has 1 saturated heterocycles. The van der Waals surface area contributed by atoms with Gasteiger partial charge in [-0.15, -0.1) is 0 Å². The number of amides is 2. The summed E-state index contributed by atoms with van der Waals surface area (Å²) < 4.78 is 13.4. The monoisotopic (exact) mass is 398 g/mol. The number of rotatable bonds is 5. The van der Waals surface area contributed by atoms with Crippen LogP contribution in [0.1, 0.15) is 17.2 Å². The van der Waals surface area contributed by atoms with Crippen LogP contribution in [0.15, 0.2) is 48.5 Å². The van der Waals surface area contributed by atoms with Crippen LogP contribution >= 0.6 is 0 Å². The van der Waals surface area contributed by atoms with E-state index in [1.165, 1.54) is 12.1 Å². The van der Waals surface area contributed by atoms with Crippen LogP contribution in [-0.2, 0) is 9.59 Å². The Morgan fingerprint density at radius 1 is 1.03 bits per heavy atom. The maximum Gasteiger partial charge on any atom is 0.313 e. The van der Waals surface area contributed by atoms with Gasteiger partial charge in [-0.25, -0.2) is 4.39 Å². The zero-order valence-electron chi connectivity index (χ0n) is 16.8. The minimum atomic E-state index is -0.702. The fourth-order valence-corrected chi connectivity index (χ4v) is 3.46. The fourth-order valence-electron chi connectivity index (χ4n) is 3.46. The van der Waals surface area contributed by atoms with Crippen molar-refractivity contribution in [1.29, 1.82) is 0 Å². The van der Waals surface area contributed by atoms with E-state index < -0.39 is 11.8 Å². The van der Waals surface area contributed by atoms with E-state index in [0.717, 1.165) is 37.3 Å². The number of piperazine rings is 1. The Morgan fingerprint density at radius 2 is 1.72 bits per heavy atom. The highest BCUT2D eigenvalue weighted by atomic mass is 19.1. The zero-order valence-corrected chi connectivity index (χ0v) is 16.8. The number of benzene rings is 2. The van der Waals surface area contributed by atoms with E-state index in [9.17, 15) is 14.0 Å². The number of halogens is 1. The number of nitrogens with zero attached hydrogens (tertiary/aromatic N) is 2. The van der Waals surface area contributed by atoms with Crippen molar-refractivity contribution in [3.8, 4) is 0 Å². The Balaban J connectivity index is 1.64. The van der Waals surface area contributed by atoms with E-state index in [2.05, 4.69) is 27.5 Å². The van der Waals surface area contributed by atoms with Crippen molar-refractivity contribution in [2.45, 2.75) is 13.0 Å². The molecule has 2 aromatic carbocycles. The lowest BCUT2D eigenvalue weighted by atomic mass is 10.0. The summed E-state index contributed by atoms with van der Waals surface area (Å²) in [7, 11) is 2.07.